The van der Waals surface area contributed by atoms with Crippen molar-refractivity contribution in [1.82, 2.24) is 15.2 Å². The second kappa shape index (κ2) is 10.1. The number of hydrogen-bond acceptors (Lipinski definition) is 5. The van der Waals surface area contributed by atoms with Gasteiger partial charge in [0.1, 0.15) is 17.4 Å². The second-order valence-corrected chi connectivity index (χ2v) is 7.86. The van der Waals surface area contributed by atoms with Crippen molar-refractivity contribution in [2.45, 2.75) is 18.6 Å². The number of halogens is 3. The molecule has 1 aliphatic rings. The number of carboxylic acids is 1. The quantitative estimate of drug-likeness (QED) is 0.527. The van der Waals surface area contributed by atoms with Gasteiger partial charge >= 0.3 is 5.97 Å². The number of aromatic nitrogens is 1. The minimum absolute atomic E-state index is 0.0216. The van der Waals surface area contributed by atoms with Crippen molar-refractivity contribution in [1.29, 1.82) is 0 Å². The van der Waals surface area contributed by atoms with E-state index in [0.717, 1.165) is 0 Å². The summed E-state index contributed by atoms with van der Waals surface area (Å²) in [5, 5.41) is 12.2. The van der Waals surface area contributed by atoms with Crippen LogP contribution in [0.4, 0.5) is 0 Å². The first-order chi connectivity index (χ1) is 15.2. The van der Waals surface area contributed by atoms with Crippen molar-refractivity contribution in [2.75, 3.05) is 0 Å². The van der Waals surface area contributed by atoms with E-state index in [1.54, 1.807) is 24.3 Å². The summed E-state index contributed by atoms with van der Waals surface area (Å²) >= 11 is 18.1. The number of nitrogens with zero attached hydrogens (tertiary/aromatic N) is 2. The van der Waals surface area contributed by atoms with Crippen molar-refractivity contribution in [3.63, 3.8) is 0 Å². The molecule has 1 aromatic heterocycles. The number of carboxylic acid groups (broad SMARTS) is 1. The molecule has 3 rings (SSSR count). The zero-order chi connectivity index (χ0) is 23.4. The van der Waals surface area contributed by atoms with Crippen molar-refractivity contribution in [3.05, 3.63) is 86.8 Å². The third-order valence-corrected chi connectivity index (χ3v) is 5.75. The highest BCUT2D eigenvalue weighted by molar-refractivity contribution is 6.43. The van der Waals surface area contributed by atoms with Crippen LogP contribution in [-0.2, 0) is 4.79 Å². The molecule has 2 heterocycles. The molecule has 0 saturated carbocycles. The van der Waals surface area contributed by atoms with Crippen LogP contribution in [0.5, 0.6) is 0 Å². The van der Waals surface area contributed by atoms with Gasteiger partial charge in [-0.15, -0.1) is 0 Å². The molecule has 0 spiro atoms. The number of aliphatic carboxylic acids is 1. The molecule has 32 heavy (non-hydrogen) atoms. The fraction of sp³-hybridized carbons (Fsp3) is 0.143. The van der Waals surface area contributed by atoms with Crippen LogP contribution >= 0.6 is 34.8 Å². The lowest BCUT2D eigenvalue weighted by Crippen LogP contribution is -2.48. The van der Waals surface area contributed by atoms with Crippen LogP contribution in [0.2, 0.25) is 15.2 Å². The van der Waals surface area contributed by atoms with Crippen LogP contribution in [0, 0.1) is 0 Å². The van der Waals surface area contributed by atoms with Gasteiger partial charge in [-0.25, -0.2) is 9.78 Å². The monoisotopic (exact) mass is 494 g/mol. The SMILES string of the molecule is NC1C=CC=C(CC(NC(=O)c2cccnc2Cl)C(=O)O)N1C(=O)c1cccc(Cl)c1Cl. The minimum atomic E-state index is -1.38. The van der Waals surface area contributed by atoms with Crippen LogP contribution in [0.1, 0.15) is 27.1 Å². The molecule has 1 aliphatic heterocycles. The summed E-state index contributed by atoms with van der Waals surface area (Å²) in [4.78, 5) is 42.6. The average molecular weight is 496 g/mol. The number of nitrogens with one attached hydrogen (secondary N) is 1. The average Bonchev–Trinajstić information content (AvgIpc) is 2.75. The summed E-state index contributed by atoms with van der Waals surface area (Å²) in [5.74, 6) is -2.59. The number of nitrogens with two attached hydrogens (primary N) is 1. The highest BCUT2D eigenvalue weighted by Gasteiger charge is 2.32. The van der Waals surface area contributed by atoms with Crippen molar-refractivity contribution in [2.24, 2.45) is 5.73 Å². The van der Waals surface area contributed by atoms with Crippen molar-refractivity contribution < 1.29 is 19.5 Å². The predicted octanol–water partition coefficient (Wildman–Crippen LogP) is 3.50. The van der Waals surface area contributed by atoms with Gasteiger partial charge in [-0.1, -0.05) is 46.9 Å². The minimum Gasteiger partial charge on any atom is -0.480 e. The van der Waals surface area contributed by atoms with E-state index in [4.69, 9.17) is 40.5 Å². The van der Waals surface area contributed by atoms with E-state index in [1.807, 2.05) is 0 Å². The van der Waals surface area contributed by atoms with Crippen LogP contribution in [0.25, 0.3) is 0 Å². The first kappa shape index (κ1) is 23.7. The number of carbonyl (C=O) groups excluding carboxylic acids is 2. The molecular weight excluding hydrogens is 479 g/mol. The van der Waals surface area contributed by atoms with E-state index in [1.165, 1.54) is 35.4 Å². The fourth-order valence-electron chi connectivity index (χ4n) is 3.07. The van der Waals surface area contributed by atoms with E-state index in [-0.39, 0.29) is 38.4 Å². The van der Waals surface area contributed by atoms with Crippen LogP contribution in [-0.4, -0.2) is 45.0 Å². The molecule has 2 aromatic rings. The van der Waals surface area contributed by atoms with Crippen LogP contribution in [0.15, 0.2) is 60.5 Å². The topological polar surface area (TPSA) is 126 Å². The summed E-state index contributed by atoms with van der Waals surface area (Å²) in [5.41, 5.74) is 6.50. The molecule has 1 aromatic carbocycles. The molecule has 0 radical (unpaired) electrons. The van der Waals surface area contributed by atoms with E-state index in [9.17, 15) is 19.5 Å². The molecule has 8 nitrogen and oxygen atoms in total. The smallest absolute Gasteiger partial charge is 0.326 e. The number of benzene rings is 1. The summed E-state index contributed by atoms with van der Waals surface area (Å²) in [6.45, 7) is 0. The molecule has 0 bridgehead atoms. The number of carbonyl (C=O) groups is 3. The Bertz CT molecular complexity index is 1140. The second-order valence-electron chi connectivity index (χ2n) is 6.72. The van der Waals surface area contributed by atoms with E-state index in [0.29, 0.717) is 0 Å². The Hall–Kier alpha value is -2.91. The molecular formula is C21H17Cl3N4O4. The summed E-state index contributed by atoms with van der Waals surface area (Å²) in [7, 11) is 0. The third kappa shape index (κ3) is 5.11. The van der Waals surface area contributed by atoms with E-state index in [2.05, 4.69) is 10.3 Å². The molecule has 2 amide bonds. The van der Waals surface area contributed by atoms with Gasteiger partial charge in [0.2, 0.25) is 0 Å². The van der Waals surface area contributed by atoms with E-state index >= 15 is 0 Å². The summed E-state index contributed by atoms with van der Waals surface area (Å²) < 4.78 is 0. The Kier molecular flexibility index (Phi) is 7.52. The number of rotatable bonds is 6. The van der Waals surface area contributed by atoms with Gasteiger partial charge in [-0.2, -0.15) is 0 Å². The Balaban J connectivity index is 1.87. The Morgan fingerprint density at radius 3 is 2.56 bits per heavy atom. The number of allylic oxidation sites excluding steroid dienone is 2. The number of amides is 2. The molecule has 2 atom stereocenters. The summed E-state index contributed by atoms with van der Waals surface area (Å²) in [6, 6.07) is 6.12. The normalized spacial score (nSPS) is 16.3. The Morgan fingerprint density at radius 2 is 1.88 bits per heavy atom. The zero-order valence-electron chi connectivity index (χ0n) is 16.3. The maximum Gasteiger partial charge on any atom is 0.326 e. The Labute approximate surface area is 198 Å². The van der Waals surface area contributed by atoms with Gasteiger partial charge in [0.15, 0.2) is 0 Å². The van der Waals surface area contributed by atoms with Gasteiger partial charge in [0.25, 0.3) is 11.8 Å². The molecule has 11 heteroatoms. The molecule has 0 aliphatic carbocycles. The van der Waals surface area contributed by atoms with Crippen molar-refractivity contribution >= 4 is 52.6 Å². The highest BCUT2D eigenvalue weighted by atomic mass is 35.5. The Morgan fingerprint density at radius 1 is 1.16 bits per heavy atom. The standard InChI is InChI=1S/C21H17Cl3N4O4/c22-14-7-2-5-12(17(14)23)20(30)28-11(4-1-8-16(28)25)10-15(21(31)32)27-19(29)13-6-3-9-26-18(13)24/h1-9,15-16H,10,25H2,(H,27,29)(H,31,32). The van der Waals surface area contributed by atoms with Gasteiger partial charge in [-0.3, -0.25) is 14.5 Å². The summed E-state index contributed by atoms with van der Waals surface area (Å²) in [6.07, 6.45) is 4.99. The molecule has 0 saturated heterocycles. The third-order valence-electron chi connectivity index (χ3n) is 4.63. The highest BCUT2D eigenvalue weighted by Crippen LogP contribution is 2.29. The predicted molar refractivity (Wildman–Crippen MR) is 121 cm³/mol. The van der Waals surface area contributed by atoms with Crippen molar-refractivity contribution in [3.8, 4) is 0 Å². The maximum absolute atomic E-state index is 13.2. The lowest BCUT2D eigenvalue weighted by molar-refractivity contribution is -0.139. The number of pyridine rings is 1. The van der Waals surface area contributed by atoms with Crippen LogP contribution < -0.4 is 11.1 Å². The van der Waals surface area contributed by atoms with Gasteiger partial charge in [-0.05, 0) is 36.4 Å². The van der Waals surface area contributed by atoms with Gasteiger partial charge in [0, 0.05) is 18.3 Å². The zero-order valence-corrected chi connectivity index (χ0v) is 18.6. The van der Waals surface area contributed by atoms with E-state index < -0.39 is 30.0 Å². The van der Waals surface area contributed by atoms with Crippen LogP contribution in [0.3, 0.4) is 0 Å². The van der Waals surface area contributed by atoms with Gasteiger partial charge < -0.3 is 16.2 Å². The van der Waals surface area contributed by atoms with Gasteiger partial charge in [0.05, 0.1) is 21.2 Å². The number of hydrogen-bond donors (Lipinski definition) is 3. The lowest BCUT2D eigenvalue weighted by atomic mass is 10.0. The first-order valence-electron chi connectivity index (χ1n) is 9.25. The maximum atomic E-state index is 13.2. The lowest BCUT2D eigenvalue weighted by Gasteiger charge is -2.33. The molecule has 166 valence electrons. The molecule has 4 N–H and O–H groups in total. The molecule has 2 unspecified atom stereocenters. The largest absolute Gasteiger partial charge is 0.480 e. The fourth-order valence-corrected chi connectivity index (χ4v) is 3.66. The first-order valence-corrected chi connectivity index (χ1v) is 10.4. The molecule has 0 fully saturated rings.